The van der Waals surface area contributed by atoms with Gasteiger partial charge in [0.2, 0.25) is 0 Å². The van der Waals surface area contributed by atoms with Gasteiger partial charge in [-0.05, 0) is 59.0 Å². The third kappa shape index (κ3) is 4.74. The van der Waals surface area contributed by atoms with Crippen molar-refractivity contribution < 1.29 is 27.4 Å². The number of rotatable bonds is 4. The molecule has 1 atom stereocenters. The summed E-state index contributed by atoms with van der Waals surface area (Å²) in [4.78, 5) is 12.6. The zero-order valence-corrected chi connectivity index (χ0v) is 20.2. The molecule has 1 unspecified atom stereocenters. The maximum absolute atomic E-state index is 13.6. The number of methoxy groups -OCH3 is 2. The van der Waals surface area contributed by atoms with Crippen molar-refractivity contribution in [2.45, 2.75) is 19.1 Å². The number of carbonyl (C=O) groups excluding carboxylic acids is 1. The molecule has 0 aromatic heterocycles. The molecule has 2 N–H and O–H groups in total. The fraction of sp³-hybridized carbons (Fsp3) is 0.222. The Morgan fingerprint density at radius 2 is 1.64 bits per heavy atom. The summed E-state index contributed by atoms with van der Waals surface area (Å²) in [6, 6.07) is 15.1. The molecule has 188 valence electrons. The Morgan fingerprint density at radius 1 is 1.00 bits per heavy atom. The fourth-order valence-corrected chi connectivity index (χ4v) is 4.30. The summed E-state index contributed by atoms with van der Waals surface area (Å²) < 4.78 is 51.6. The number of ether oxygens (including phenoxy) is 2. The van der Waals surface area contributed by atoms with Gasteiger partial charge in [-0.15, -0.1) is 0 Å². The van der Waals surface area contributed by atoms with Gasteiger partial charge in [0, 0.05) is 12.7 Å². The molecule has 9 heteroatoms. The first-order valence-corrected chi connectivity index (χ1v) is 11.2. The van der Waals surface area contributed by atoms with Crippen molar-refractivity contribution in [1.82, 2.24) is 15.8 Å². The average Bonchev–Trinajstić information content (AvgIpc) is 3.02. The van der Waals surface area contributed by atoms with Gasteiger partial charge in [-0.25, -0.2) is 15.2 Å². The van der Waals surface area contributed by atoms with E-state index in [-0.39, 0.29) is 11.6 Å². The lowest BCUT2D eigenvalue weighted by atomic mass is 9.92. The van der Waals surface area contributed by atoms with Crippen molar-refractivity contribution in [3.63, 3.8) is 0 Å². The van der Waals surface area contributed by atoms with Crippen molar-refractivity contribution in [2.24, 2.45) is 0 Å². The quantitative estimate of drug-likeness (QED) is 0.464. The summed E-state index contributed by atoms with van der Waals surface area (Å²) in [5, 5.41) is 4.01. The molecule has 2 amide bonds. The highest BCUT2D eigenvalue weighted by Gasteiger charge is 2.33. The fourth-order valence-electron chi connectivity index (χ4n) is 4.30. The second kappa shape index (κ2) is 9.94. The molecular formula is C27H26F3N3O3. The largest absolute Gasteiger partial charge is 0.493 e. The van der Waals surface area contributed by atoms with Gasteiger partial charge in [0.05, 0.1) is 25.8 Å². The van der Waals surface area contributed by atoms with Gasteiger partial charge in [-0.2, -0.15) is 13.2 Å². The van der Waals surface area contributed by atoms with E-state index in [1.165, 1.54) is 31.3 Å². The minimum Gasteiger partial charge on any atom is -0.493 e. The van der Waals surface area contributed by atoms with Crippen molar-refractivity contribution in [3.05, 3.63) is 88.6 Å². The number of fused-ring (bicyclic) bond motifs is 1. The summed E-state index contributed by atoms with van der Waals surface area (Å²) in [5.41, 5.74) is 6.08. The van der Waals surface area contributed by atoms with E-state index in [0.717, 1.165) is 22.8 Å². The summed E-state index contributed by atoms with van der Waals surface area (Å²) in [5.74, 6) is 1.05. The highest BCUT2D eigenvalue weighted by atomic mass is 19.4. The predicted molar refractivity (Wildman–Crippen MR) is 131 cm³/mol. The van der Waals surface area contributed by atoms with E-state index in [0.29, 0.717) is 22.8 Å². The number of hydrogen-bond acceptors (Lipinski definition) is 4. The normalized spacial score (nSPS) is 15.5. The van der Waals surface area contributed by atoms with Gasteiger partial charge in [0.15, 0.2) is 11.5 Å². The van der Waals surface area contributed by atoms with Gasteiger partial charge < -0.3 is 14.8 Å². The molecule has 1 aliphatic rings. The monoisotopic (exact) mass is 497 g/mol. The van der Waals surface area contributed by atoms with Gasteiger partial charge in [-0.1, -0.05) is 42.5 Å². The van der Waals surface area contributed by atoms with Crippen LogP contribution in [0.25, 0.3) is 17.2 Å². The van der Waals surface area contributed by atoms with Gasteiger partial charge in [-0.3, -0.25) is 0 Å². The van der Waals surface area contributed by atoms with Crippen LogP contribution in [0.15, 0.2) is 66.4 Å². The Labute approximate surface area is 207 Å². The number of hydrogen-bond donors (Lipinski definition) is 2. The first-order chi connectivity index (χ1) is 17.2. The molecule has 0 aliphatic carbocycles. The molecule has 0 spiro atoms. The molecule has 0 fully saturated rings. The van der Waals surface area contributed by atoms with Crippen LogP contribution in [0.5, 0.6) is 11.5 Å². The smallest absolute Gasteiger partial charge is 0.417 e. The lowest BCUT2D eigenvalue weighted by molar-refractivity contribution is -0.137. The van der Waals surface area contributed by atoms with E-state index in [4.69, 9.17) is 9.47 Å². The molecule has 0 bridgehead atoms. The lowest BCUT2D eigenvalue weighted by Crippen LogP contribution is -2.47. The number of carbonyl (C=O) groups is 1. The van der Waals surface area contributed by atoms with Crippen LogP contribution < -0.4 is 20.2 Å². The van der Waals surface area contributed by atoms with E-state index in [2.05, 4.69) is 10.7 Å². The Balaban J connectivity index is 1.82. The zero-order chi connectivity index (χ0) is 26.0. The van der Waals surface area contributed by atoms with Gasteiger partial charge in [0.25, 0.3) is 0 Å². The second-order valence-corrected chi connectivity index (χ2v) is 8.24. The molecule has 3 aromatic rings. The molecular weight excluding hydrogens is 471 g/mol. The molecule has 6 nitrogen and oxygen atoms in total. The van der Waals surface area contributed by atoms with E-state index >= 15 is 0 Å². The molecule has 0 radical (unpaired) electrons. The molecule has 3 aromatic carbocycles. The summed E-state index contributed by atoms with van der Waals surface area (Å²) in [6.07, 6.45) is -2.61. The number of amides is 2. The summed E-state index contributed by atoms with van der Waals surface area (Å²) in [7, 11) is 4.61. The Kier molecular flexibility index (Phi) is 6.94. The molecule has 36 heavy (non-hydrogen) atoms. The van der Waals surface area contributed by atoms with Crippen LogP contribution in [0, 0.1) is 0 Å². The highest BCUT2D eigenvalue weighted by Crippen LogP contribution is 2.40. The van der Waals surface area contributed by atoms with E-state index in [1.54, 1.807) is 44.4 Å². The number of nitrogens with zero attached hydrogens (tertiary/aromatic N) is 1. The number of halogens is 3. The van der Waals surface area contributed by atoms with Crippen LogP contribution >= 0.6 is 0 Å². The standard InChI is InChI=1S/C27H26F3N3O3/c1-16-13-19-14-23(35-3)24(36-4)15-21(19)25(32-33(16)26(34)31-2)18-11-9-17(10-12-18)20-7-5-6-8-22(20)27(28,29)30/h5-15,25,32H,1-4H3,(H,31,34). The van der Waals surface area contributed by atoms with Crippen molar-refractivity contribution in [3.8, 4) is 22.6 Å². The van der Waals surface area contributed by atoms with Crippen LogP contribution in [0.3, 0.4) is 0 Å². The zero-order valence-electron chi connectivity index (χ0n) is 20.2. The van der Waals surface area contributed by atoms with E-state index < -0.39 is 17.8 Å². The number of nitrogens with one attached hydrogen (secondary N) is 2. The third-order valence-electron chi connectivity index (χ3n) is 6.08. The lowest BCUT2D eigenvalue weighted by Gasteiger charge is -2.28. The maximum Gasteiger partial charge on any atom is 0.417 e. The van der Waals surface area contributed by atoms with Gasteiger partial charge in [0.1, 0.15) is 0 Å². The molecule has 0 saturated carbocycles. The van der Waals surface area contributed by atoms with Crippen molar-refractivity contribution >= 4 is 12.1 Å². The Morgan fingerprint density at radius 3 is 2.25 bits per heavy atom. The molecule has 1 aliphatic heterocycles. The van der Waals surface area contributed by atoms with Crippen LogP contribution in [-0.4, -0.2) is 32.3 Å². The van der Waals surface area contributed by atoms with Crippen molar-refractivity contribution in [2.75, 3.05) is 21.3 Å². The molecule has 1 heterocycles. The number of alkyl halides is 3. The average molecular weight is 498 g/mol. The van der Waals surface area contributed by atoms with Crippen LogP contribution in [0.1, 0.15) is 35.2 Å². The topological polar surface area (TPSA) is 62.8 Å². The minimum atomic E-state index is -4.47. The number of allylic oxidation sites excluding steroid dienone is 1. The Bertz CT molecular complexity index is 1300. The van der Waals surface area contributed by atoms with Crippen LogP contribution in [0.4, 0.5) is 18.0 Å². The maximum atomic E-state index is 13.6. The van der Waals surface area contributed by atoms with Crippen LogP contribution in [-0.2, 0) is 6.18 Å². The summed E-state index contributed by atoms with van der Waals surface area (Å²) in [6.45, 7) is 1.79. The van der Waals surface area contributed by atoms with E-state index in [9.17, 15) is 18.0 Å². The third-order valence-corrected chi connectivity index (χ3v) is 6.08. The highest BCUT2D eigenvalue weighted by molar-refractivity contribution is 5.78. The molecule has 4 rings (SSSR count). The second-order valence-electron chi connectivity index (χ2n) is 8.24. The minimum absolute atomic E-state index is 0.0988. The first-order valence-electron chi connectivity index (χ1n) is 11.2. The predicted octanol–water partition coefficient (Wildman–Crippen LogP) is 6.00. The van der Waals surface area contributed by atoms with Crippen LogP contribution in [0.2, 0.25) is 0 Å². The Hall–Kier alpha value is -3.98. The summed E-state index contributed by atoms with van der Waals surface area (Å²) >= 11 is 0. The first kappa shape index (κ1) is 25.1. The number of urea groups is 1. The van der Waals surface area contributed by atoms with E-state index in [1.807, 2.05) is 18.2 Å². The SMILES string of the molecule is CNC(=O)N1NC(c2ccc(-c3ccccc3C(F)(F)F)cc2)c2cc(OC)c(OC)cc2C=C1C. The number of benzene rings is 3. The molecule has 0 saturated heterocycles. The van der Waals surface area contributed by atoms with Gasteiger partial charge >= 0.3 is 12.2 Å². The number of hydrazine groups is 1. The van der Waals surface area contributed by atoms with Crippen molar-refractivity contribution in [1.29, 1.82) is 0 Å².